The van der Waals surface area contributed by atoms with Gasteiger partial charge >= 0.3 is 0 Å². The standard InChI is InChI=1S/C13H18N4O/c1-13(2)10(6-11(13)18-3)17-12-5-4-8(15)9(7-14)16-12/h4-5,10-11H,6,15H2,1-3H3,(H,16,17). The molecule has 0 saturated heterocycles. The summed E-state index contributed by atoms with van der Waals surface area (Å²) in [4.78, 5) is 4.19. The van der Waals surface area contributed by atoms with E-state index in [-0.39, 0.29) is 17.2 Å². The Kier molecular flexibility index (Phi) is 3.14. The van der Waals surface area contributed by atoms with Crippen LogP contribution in [-0.2, 0) is 4.74 Å². The fourth-order valence-corrected chi connectivity index (χ4v) is 2.35. The molecule has 1 aliphatic rings. The zero-order valence-electron chi connectivity index (χ0n) is 10.9. The highest BCUT2D eigenvalue weighted by molar-refractivity contribution is 5.55. The van der Waals surface area contributed by atoms with Gasteiger partial charge in [0.1, 0.15) is 11.9 Å². The molecule has 2 atom stereocenters. The largest absolute Gasteiger partial charge is 0.396 e. The van der Waals surface area contributed by atoms with E-state index in [1.54, 1.807) is 19.2 Å². The normalized spacial score (nSPS) is 25.0. The molecule has 0 spiro atoms. The molecule has 5 heteroatoms. The second-order valence-corrected chi connectivity index (χ2v) is 5.22. The maximum absolute atomic E-state index is 8.89. The number of hydrogen-bond acceptors (Lipinski definition) is 5. The molecule has 1 aromatic heterocycles. The fourth-order valence-electron chi connectivity index (χ4n) is 2.35. The number of methoxy groups -OCH3 is 1. The summed E-state index contributed by atoms with van der Waals surface area (Å²) < 4.78 is 5.40. The summed E-state index contributed by atoms with van der Waals surface area (Å²) in [5.41, 5.74) is 6.37. The molecular weight excluding hydrogens is 228 g/mol. The number of nitrogens with zero attached hydrogens (tertiary/aromatic N) is 2. The Morgan fingerprint density at radius 3 is 2.83 bits per heavy atom. The van der Waals surface area contributed by atoms with Crippen molar-refractivity contribution in [3.05, 3.63) is 17.8 Å². The van der Waals surface area contributed by atoms with Crippen LogP contribution < -0.4 is 11.1 Å². The highest BCUT2D eigenvalue weighted by Crippen LogP contribution is 2.43. The molecule has 1 fully saturated rings. The average molecular weight is 246 g/mol. The Hall–Kier alpha value is -1.80. The maximum Gasteiger partial charge on any atom is 0.165 e. The van der Waals surface area contributed by atoms with Gasteiger partial charge in [0.05, 0.1) is 11.8 Å². The molecule has 0 bridgehead atoms. The van der Waals surface area contributed by atoms with Crippen LogP contribution in [0.25, 0.3) is 0 Å². The number of ether oxygens (including phenoxy) is 1. The van der Waals surface area contributed by atoms with Gasteiger partial charge in [-0.3, -0.25) is 0 Å². The van der Waals surface area contributed by atoms with Crippen molar-refractivity contribution in [1.82, 2.24) is 4.98 Å². The minimum Gasteiger partial charge on any atom is -0.396 e. The minimum atomic E-state index is 0.0601. The minimum absolute atomic E-state index is 0.0601. The number of rotatable bonds is 3. The first-order chi connectivity index (χ1) is 8.48. The Morgan fingerprint density at radius 2 is 2.28 bits per heavy atom. The smallest absolute Gasteiger partial charge is 0.165 e. The third kappa shape index (κ3) is 2.00. The average Bonchev–Trinajstić information content (AvgIpc) is 2.35. The fraction of sp³-hybridized carbons (Fsp3) is 0.538. The van der Waals surface area contributed by atoms with Crippen LogP contribution >= 0.6 is 0 Å². The van der Waals surface area contributed by atoms with Crippen LogP contribution in [0, 0.1) is 16.7 Å². The van der Waals surface area contributed by atoms with E-state index < -0.39 is 0 Å². The van der Waals surface area contributed by atoms with Crippen molar-refractivity contribution < 1.29 is 4.74 Å². The molecule has 1 saturated carbocycles. The Bertz CT molecular complexity index is 492. The lowest BCUT2D eigenvalue weighted by Crippen LogP contribution is -2.57. The summed E-state index contributed by atoms with van der Waals surface area (Å²) in [6.45, 7) is 4.32. The van der Waals surface area contributed by atoms with Gasteiger partial charge in [-0.2, -0.15) is 5.26 Å². The SMILES string of the molecule is COC1CC(Nc2ccc(N)c(C#N)n2)C1(C)C. The van der Waals surface area contributed by atoms with E-state index in [4.69, 9.17) is 15.7 Å². The summed E-state index contributed by atoms with van der Waals surface area (Å²) in [6.07, 6.45) is 1.21. The van der Waals surface area contributed by atoms with E-state index in [1.165, 1.54) is 0 Å². The molecule has 0 radical (unpaired) electrons. The topological polar surface area (TPSA) is 84.0 Å². The first kappa shape index (κ1) is 12.7. The van der Waals surface area contributed by atoms with Gasteiger partial charge in [0.15, 0.2) is 5.69 Å². The van der Waals surface area contributed by atoms with Crippen LogP contribution in [0.2, 0.25) is 0 Å². The molecule has 96 valence electrons. The van der Waals surface area contributed by atoms with Crippen molar-refractivity contribution in [2.24, 2.45) is 5.41 Å². The monoisotopic (exact) mass is 246 g/mol. The quantitative estimate of drug-likeness (QED) is 0.849. The number of nitrogens with two attached hydrogens (primary N) is 1. The third-order valence-corrected chi connectivity index (χ3v) is 3.82. The first-order valence-corrected chi connectivity index (χ1v) is 5.95. The molecule has 0 aromatic carbocycles. The van der Waals surface area contributed by atoms with Crippen LogP contribution in [-0.4, -0.2) is 24.2 Å². The molecule has 0 aliphatic heterocycles. The van der Waals surface area contributed by atoms with Crippen molar-refractivity contribution in [3.8, 4) is 6.07 Å². The van der Waals surface area contributed by atoms with Gasteiger partial charge in [0.2, 0.25) is 0 Å². The highest BCUT2D eigenvalue weighted by atomic mass is 16.5. The van der Waals surface area contributed by atoms with E-state index in [1.807, 2.05) is 6.07 Å². The van der Waals surface area contributed by atoms with E-state index in [9.17, 15) is 0 Å². The predicted molar refractivity (Wildman–Crippen MR) is 70.0 cm³/mol. The molecule has 3 N–H and O–H groups in total. The molecule has 1 heterocycles. The Balaban J connectivity index is 2.10. The summed E-state index contributed by atoms with van der Waals surface area (Å²) in [5, 5.41) is 12.2. The second-order valence-electron chi connectivity index (χ2n) is 5.22. The number of nitriles is 1. The van der Waals surface area contributed by atoms with Crippen molar-refractivity contribution in [3.63, 3.8) is 0 Å². The van der Waals surface area contributed by atoms with Crippen LogP contribution in [0.3, 0.4) is 0 Å². The van der Waals surface area contributed by atoms with Gasteiger partial charge in [-0.25, -0.2) is 4.98 Å². The highest BCUT2D eigenvalue weighted by Gasteiger charge is 2.48. The summed E-state index contributed by atoms with van der Waals surface area (Å²) in [5.74, 6) is 0.688. The van der Waals surface area contributed by atoms with Gasteiger partial charge in [0, 0.05) is 18.6 Å². The van der Waals surface area contributed by atoms with Gasteiger partial charge in [-0.15, -0.1) is 0 Å². The predicted octanol–water partition coefficient (Wildman–Crippen LogP) is 1.76. The van der Waals surface area contributed by atoms with Gasteiger partial charge < -0.3 is 15.8 Å². The second kappa shape index (κ2) is 4.46. The van der Waals surface area contributed by atoms with Crippen LogP contribution in [0.1, 0.15) is 26.0 Å². The van der Waals surface area contributed by atoms with Gasteiger partial charge in [-0.05, 0) is 18.6 Å². The van der Waals surface area contributed by atoms with Crippen molar-refractivity contribution >= 4 is 11.5 Å². The van der Waals surface area contributed by atoms with E-state index >= 15 is 0 Å². The van der Waals surface area contributed by atoms with Crippen molar-refractivity contribution in [1.29, 1.82) is 5.26 Å². The van der Waals surface area contributed by atoms with Gasteiger partial charge in [0.25, 0.3) is 0 Å². The molecule has 1 aliphatic carbocycles. The lowest BCUT2D eigenvalue weighted by atomic mass is 9.64. The van der Waals surface area contributed by atoms with E-state index in [0.29, 0.717) is 17.5 Å². The van der Waals surface area contributed by atoms with Crippen LogP contribution in [0.5, 0.6) is 0 Å². The number of aromatic nitrogens is 1. The summed E-state index contributed by atoms with van der Waals surface area (Å²) in [6, 6.07) is 5.78. The number of nitrogen functional groups attached to an aromatic ring is 1. The summed E-state index contributed by atoms with van der Waals surface area (Å²) in [7, 11) is 1.73. The molecule has 1 aromatic rings. The Morgan fingerprint density at radius 1 is 1.56 bits per heavy atom. The molecular formula is C13H18N4O. The number of hydrogen-bond donors (Lipinski definition) is 2. The number of nitrogens with one attached hydrogen (secondary N) is 1. The van der Waals surface area contributed by atoms with E-state index in [2.05, 4.69) is 24.1 Å². The van der Waals surface area contributed by atoms with Crippen molar-refractivity contribution in [2.75, 3.05) is 18.2 Å². The summed E-state index contributed by atoms with van der Waals surface area (Å²) >= 11 is 0. The molecule has 18 heavy (non-hydrogen) atoms. The zero-order valence-corrected chi connectivity index (χ0v) is 10.9. The van der Waals surface area contributed by atoms with Crippen molar-refractivity contribution in [2.45, 2.75) is 32.4 Å². The molecule has 2 rings (SSSR count). The van der Waals surface area contributed by atoms with Gasteiger partial charge in [-0.1, -0.05) is 13.8 Å². The molecule has 0 amide bonds. The van der Waals surface area contributed by atoms with Crippen LogP contribution in [0.4, 0.5) is 11.5 Å². The zero-order chi connectivity index (χ0) is 13.3. The lowest BCUT2D eigenvalue weighted by molar-refractivity contribution is -0.0795. The van der Waals surface area contributed by atoms with E-state index in [0.717, 1.165) is 6.42 Å². The molecule has 5 nitrogen and oxygen atoms in total. The first-order valence-electron chi connectivity index (χ1n) is 5.95. The maximum atomic E-state index is 8.89. The van der Waals surface area contributed by atoms with Crippen LogP contribution in [0.15, 0.2) is 12.1 Å². The lowest BCUT2D eigenvalue weighted by Gasteiger charge is -2.51. The third-order valence-electron chi connectivity index (χ3n) is 3.82. The Labute approximate surface area is 107 Å². The number of pyridine rings is 1. The molecule has 2 unspecified atom stereocenters. The number of anilines is 2.